The highest BCUT2D eigenvalue weighted by molar-refractivity contribution is 5.85. The fraction of sp³-hybridized carbons (Fsp3) is 0.857. The summed E-state index contributed by atoms with van der Waals surface area (Å²) in [7, 11) is 1.92. The minimum Gasteiger partial charge on any atom is -0.444 e. The quantitative estimate of drug-likeness (QED) is 0.420. The number of hydrogen-bond acceptors (Lipinski definition) is 4. The number of nitrogens with zero attached hydrogens (tertiary/aromatic N) is 2. The van der Waals surface area contributed by atoms with Crippen LogP contribution in [0.4, 0.5) is 4.79 Å². The summed E-state index contributed by atoms with van der Waals surface area (Å²) in [6, 6.07) is -0.0284. The fourth-order valence-electron chi connectivity index (χ4n) is 2.54. The van der Waals surface area contributed by atoms with Crippen molar-refractivity contribution in [1.82, 2.24) is 20.9 Å². The molecule has 170 valence electrons. The number of amides is 2. The number of carbonyl (C=O) groups excluding carboxylic acids is 2. The van der Waals surface area contributed by atoms with Gasteiger partial charge in [-0.3, -0.25) is 4.79 Å². The Morgan fingerprint density at radius 2 is 1.69 bits per heavy atom. The van der Waals surface area contributed by atoms with Gasteiger partial charge in [0.1, 0.15) is 12.1 Å². The first-order chi connectivity index (χ1) is 13.1. The Morgan fingerprint density at radius 1 is 1.10 bits per heavy atom. The van der Waals surface area contributed by atoms with Crippen LogP contribution in [0.1, 0.15) is 68.7 Å². The number of aliphatic imine (C=N–C) groups is 1. The zero-order chi connectivity index (χ0) is 22.8. The molecule has 8 heteroatoms. The first kappa shape index (κ1) is 27.0. The largest absolute Gasteiger partial charge is 0.444 e. The molecular formula is C21H43N5O3. The molecule has 1 unspecified atom stereocenters. The van der Waals surface area contributed by atoms with Gasteiger partial charge >= 0.3 is 6.09 Å². The van der Waals surface area contributed by atoms with Crippen LogP contribution in [0.2, 0.25) is 0 Å². The summed E-state index contributed by atoms with van der Waals surface area (Å²) < 4.78 is 5.37. The first-order valence-corrected chi connectivity index (χ1v) is 10.4. The summed E-state index contributed by atoms with van der Waals surface area (Å²) in [6.07, 6.45) is 0.324. The summed E-state index contributed by atoms with van der Waals surface area (Å²) in [6.45, 7) is 18.9. The van der Waals surface area contributed by atoms with Crippen molar-refractivity contribution in [2.45, 2.75) is 85.9 Å². The van der Waals surface area contributed by atoms with Crippen molar-refractivity contribution in [3.63, 3.8) is 0 Å². The highest BCUT2D eigenvalue weighted by Gasteiger charge is 2.22. The normalized spacial score (nSPS) is 13.7. The molecular weight excluding hydrogens is 370 g/mol. The van der Waals surface area contributed by atoms with Gasteiger partial charge < -0.3 is 25.6 Å². The van der Waals surface area contributed by atoms with Gasteiger partial charge in [0, 0.05) is 31.7 Å². The number of alkyl carbamates (subject to hydrolysis) is 1. The Bertz CT molecular complexity index is 548. The van der Waals surface area contributed by atoms with E-state index in [4.69, 9.17) is 4.74 Å². The predicted octanol–water partition coefficient (Wildman–Crippen LogP) is 2.74. The zero-order valence-corrected chi connectivity index (χ0v) is 20.1. The van der Waals surface area contributed by atoms with Crippen molar-refractivity contribution >= 4 is 18.0 Å². The second kappa shape index (κ2) is 11.9. The Morgan fingerprint density at radius 3 is 2.14 bits per heavy atom. The number of nitrogens with one attached hydrogen (secondary N) is 3. The Labute approximate surface area is 177 Å². The van der Waals surface area contributed by atoms with Gasteiger partial charge in [-0.1, -0.05) is 13.8 Å². The average molecular weight is 414 g/mol. The van der Waals surface area contributed by atoms with Crippen LogP contribution in [0, 0.1) is 5.92 Å². The Hall–Kier alpha value is -1.99. The lowest BCUT2D eigenvalue weighted by Crippen LogP contribution is -2.46. The molecule has 29 heavy (non-hydrogen) atoms. The van der Waals surface area contributed by atoms with Gasteiger partial charge in [-0.15, -0.1) is 0 Å². The number of guanidine groups is 1. The van der Waals surface area contributed by atoms with E-state index in [2.05, 4.69) is 34.8 Å². The van der Waals surface area contributed by atoms with Crippen LogP contribution in [0.25, 0.3) is 0 Å². The monoisotopic (exact) mass is 413 g/mol. The average Bonchev–Trinajstić information content (AvgIpc) is 2.51. The lowest BCUT2D eigenvalue weighted by Gasteiger charge is -2.28. The molecule has 0 aromatic rings. The lowest BCUT2D eigenvalue weighted by atomic mass is 10.0. The molecule has 0 spiro atoms. The first-order valence-electron chi connectivity index (χ1n) is 10.4. The maximum absolute atomic E-state index is 12.1. The van der Waals surface area contributed by atoms with E-state index >= 15 is 0 Å². The van der Waals surface area contributed by atoms with E-state index in [1.807, 2.05) is 60.4 Å². The maximum Gasteiger partial charge on any atom is 0.407 e. The standard InChI is InChI=1S/C21H43N5O3/c1-11-22-18(23-14-17(27)25-20(4,5)6)26(10)13-12-16(15(2)3)24-19(28)29-21(7,8)9/h15-16H,11-14H2,1-10H3,(H,22,23)(H,24,28)(H,25,27). The van der Waals surface area contributed by atoms with E-state index in [0.29, 0.717) is 19.0 Å². The molecule has 0 rings (SSSR count). The van der Waals surface area contributed by atoms with Crippen LogP contribution >= 0.6 is 0 Å². The van der Waals surface area contributed by atoms with Gasteiger partial charge in [0.25, 0.3) is 0 Å². The highest BCUT2D eigenvalue weighted by Crippen LogP contribution is 2.11. The summed E-state index contributed by atoms with van der Waals surface area (Å²) in [5.74, 6) is 0.803. The SMILES string of the molecule is CCNC(=NCC(=O)NC(C)(C)C)N(C)CCC(NC(=O)OC(C)(C)C)C(C)C. The molecule has 0 heterocycles. The van der Waals surface area contributed by atoms with Gasteiger partial charge in [0.2, 0.25) is 5.91 Å². The molecule has 0 aromatic heterocycles. The van der Waals surface area contributed by atoms with Crippen molar-refractivity contribution in [2.24, 2.45) is 10.9 Å². The third-order valence-electron chi connectivity index (χ3n) is 3.87. The van der Waals surface area contributed by atoms with Crippen molar-refractivity contribution in [2.75, 3.05) is 26.7 Å². The maximum atomic E-state index is 12.1. The molecule has 0 aliphatic carbocycles. The van der Waals surface area contributed by atoms with Crippen LogP contribution < -0.4 is 16.0 Å². The molecule has 8 nitrogen and oxygen atoms in total. The molecule has 3 N–H and O–H groups in total. The predicted molar refractivity (Wildman–Crippen MR) is 119 cm³/mol. The van der Waals surface area contributed by atoms with Gasteiger partial charge in [0.05, 0.1) is 0 Å². The number of rotatable bonds is 8. The number of ether oxygens (including phenoxy) is 1. The number of carbonyl (C=O) groups is 2. The van der Waals surface area contributed by atoms with Crippen LogP contribution in [-0.4, -0.2) is 66.7 Å². The molecule has 0 radical (unpaired) electrons. The van der Waals surface area contributed by atoms with Crippen LogP contribution in [0.5, 0.6) is 0 Å². The van der Waals surface area contributed by atoms with E-state index in [1.165, 1.54) is 0 Å². The minimum atomic E-state index is -0.527. The second-order valence-corrected chi connectivity index (χ2v) is 9.68. The van der Waals surface area contributed by atoms with E-state index in [0.717, 1.165) is 6.42 Å². The second-order valence-electron chi connectivity index (χ2n) is 9.68. The van der Waals surface area contributed by atoms with Gasteiger partial charge in [-0.25, -0.2) is 9.79 Å². The van der Waals surface area contributed by atoms with E-state index < -0.39 is 11.7 Å². The zero-order valence-electron chi connectivity index (χ0n) is 20.1. The molecule has 1 atom stereocenters. The van der Waals surface area contributed by atoms with Crippen LogP contribution in [0.15, 0.2) is 4.99 Å². The minimum absolute atomic E-state index is 0.0284. The molecule has 0 aliphatic rings. The summed E-state index contributed by atoms with van der Waals surface area (Å²) in [5, 5.41) is 9.08. The summed E-state index contributed by atoms with van der Waals surface area (Å²) in [4.78, 5) is 30.6. The molecule has 0 fully saturated rings. The third kappa shape index (κ3) is 13.8. The van der Waals surface area contributed by atoms with Crippen LogP contribution in [-0.2, 0) is 9.53 Å². The van der Waals surface area contributed by atoms with Gasteiger partial charge in [-0.05, 0) is 60.8 Å². The molecule has 0 bridgehead atoms. The smallest absolute Gasteiger partial charge is 0.407 e. The Kier molecular flexibility index (Phi) is 11.1. The van der Waals surface area contributed by atoms with E-state index in [1.54, 1.807) is 0 Å². The summed E-state index contributed by atoms with van der Waals surface area (Å²) in [5.41, 5.74) is -0.810. The molecule has 0 aliphatic heterocycles. The van der Waals surface area contributed by atoms with E-state index in [9.17, 15) is 9.59 Å². The van der Waals surface area contributed by atoms with Gasteiger partial charge in [-0.2, -0.15) is 0 Å². The summed E-state index contributed by atoms with van der Waals surface area (Å²) >= 11 is 0. The molecule has 0 saturated heterocycles. The molecule has 0 aromatic carbocycles. The topological polar surface area (TPSA) is 95.1 Å². The Balaban J connectivity index is 4.88. The van der Waals surface area contributed by atoms with Crippen molar-refractivity contribution < 1.29 is 14.3 Å². The highest BCUT2D eigenvalue weighted by atomic mass is 16.6. The van der Waals surface area contributed by atoms with Crippen molar-refractivity contribution in [1.29, 1.82) is 0 Å². The van der Waals surface area contributed by atoms with Crippen molar-refractivity contribution in [3.8, 4) is 0 Å². The molecule has 2 amide bonds. The van der Waals surface area contributed by atoms with Crippen molar-refractivity contribution in [3.05, 3.63) is 0 Å². The van der Waals surface area contributed by atoms with Crippen LogP contribution in [0.3, 0.4) is 0 Å². The lowest BCUT2D eigenvalue weighted by molar-refractivity contribution is -0.121. The fourth-order valence-corrected chi connectivity index (χ4v) is 2.54. The third-order valence-corrected chi connectivity index (χ3v) is 3.87. The number of hydrogen-bond donors (Lipinski definition) is 3. The molecule has 0 saturated carbocycles. The van der Waals surface area contributed by atoms with Gasteiger partial charge in [0.15, 0.2) is 5.96 Å². The van der Waals surface area contributed by atoms with E-state index in [-0.39, 0.29) is 30.0 Å².